The minimum absolute atomic E-state index is 0.177. The van der Waals surface area contributed by atoms with Crippen molar-refractivity contribution < 1.29 is 23.8 Å². The lowest BCUT2D eigenvalue weighted by molar-refractivity contribution is -0.177. The van der Waals surface area contributed by atoms with E-state index >= 15 is 0 Å². The van der Waals surface area contributed by atoms with Crippen LogP contribution in [-0.2, 0) is 23.8 Å². The standard InChI is InChI=1S/C14H20O5/c1-5-13(2,3)12(16)18-10-8-6-7-9(17-8)14(10,4)19-11(7)15/h7-10H,5-6H2,1-4H3. The number of esters is 2. The molecule has 106 valence electrons. The zero-order chi connectivity index (χ0) is 14.0. The Morgan fingerprint density at radius 2 is 2.21 bits per heavy atom. The van der Waals surface area contributed by atoms with Crippen molar-refractivity contribution in [2.45, 2.75) is 64.4 Å². The Kier molecular flexibility index (Phi) is 2.53. The summed E-state index contributed by atoms with van der Waals surface area (Å²) in [5, 5.41) is 0. The van der Waals surface area contributed by atoms with E-state index in [-0.39, 0.29) is 30.1 Å². The molecular formula is C14H20O5. The summed E-state index contributed by atoms with van der Waals surface area (Å²) < 4.78 is 16.9. The molecule has 3 heterocycles. The van der Waals surface area contributed by atoms with E-state index in [1.807, 2.05) is 27.7 Å². The predicted molar refractivity (Wildman–Crippen MR) is 65.2 cm³/mol. The summed E-state index contributed by atoms with van der Waals surface area (Å²) in [6.45, 7) is 7.47. The molecule has 19 heavy (non-hydrogen) atoms. The fraction of sp³-hybridized carbons (Fsp3) is 0.857. The van der Waals surface area contributed by atoms with Gasteiger partial charge in [0.05, 0.1) is 11.3 Å². The van der Waals surface area contributed by atoms with Crippen molar-refractivity contribution in [2.75, 3.05) is 0 Å². The molecule has 0 aromatic heterocycles. The van der Waals surface area contributed by atoms with Gasteiger partial charge in [0.25, 0.3) is 0 Å². The number of hydrogen-bond acceptors (Lipinski definition) is 5. The van der Waals surface area contributed by atoms with E-state index in [4.69, 9.17) is 14.2 Å². The van der Waals surface area contributed by atoms with Gasteiger partial charge < -0.3 is 14.2 Å². The Balaban J connectivity index is 1.81. The average molecular weight is 268 g/mol. The number of hydrogen-bond donors (Lipinski definition) is 0. The monoisotopic (exact) mass is 268 g/mol. The van der Waals surface area contributed by atoms with Crippen molar-refractivity contribution in [3.05, 3.63) is 0 Å². The van der Waals surface area contributed by atoms with Crippen molar-refractivity contribution >= 4 is 11.9 Å². The summed E-state index contributed by atoms with van der Waals surface area (Å²) >= 11 is 0. The fourth-order valence-electron chi connectivity index (χ4n) is 3.21. The molecule has 3 saturated heterocycles. The maximum absolute atomic E-state index is 12.2. The second kappa shape index (κ2) is 3.72. The first kappa shape index (κ1) is 12.9. The van der Waals surface area contributed by atoms with Crippen LogP contribution in [0, 0.1) is 11.3 Å². The Hall–Kier alpha value is -1.10. The number of rotatable bonds is 3. The van der Waals surface area contributed by atoms with Crippen LogP contribution in [0.15, 0.2) is 0 Å². The van der Waals surface area contributed by atoms with Gasteiger partial charge in [-0.2, -0.15) is 0 Å². The molecular weight excluding hydrogens is 248 g/mol. The maximum Gasteiger partial charge on any atom is 0.312 e. The van der Waals surface area contributed by atoms with Crippen LogP contribution in [0.4, 0.5) is 0 Å². The summed E-state index contributed by atoms with van der Waals surface area (Å²) in [7, 11) is 0. The molecule has 3 rings (SSSR count). The molecule has 0 radical (unpaired) electrons. The largest absolute Gasteiger partial charge is 0.455 e. The molecule has 3 fully saturated rings. The van der Waals surface area contributed by atoms with E-state index in [2.05, 4.69) is 0 Å². The van der Waals surface area contributed by atoms with Crippen molar-refractivity contribution in [2.24, 2.45) is 11.3 Å². The van der Waals surface area contributed by atoms with Gasteiger partial charge in [0, 0.05) is 0 Å². The van der Waals surface area contributed by atoms with Crippen molar-refractivity contribution in [1.82, 2.24) is 0 Å². The lowest BCUT2D eigenvalue weighted by Crippen LogP contribution is -2.51. The highest BCUT2D eigenvalue weighted by Gasteiger charge is 2.72. The van der Waals surface area contributed by atoms with Gasteiger partial charge in [0.15, 0.2) is 11.7 Å². The van der Waals surface area contributed by atoms with Gasteiger partial charge in [0.2, 0.25) is 0 Å². The number of carbonyl (C=O) groups excluding carboxylic acids is 2. The molecule has 3 aliphatic rings. The summed E-state index contributed by atoms with van der Waals surface area (Å²) in [5.41, 5.74) is -1.33. The summed E-state index contributed by atoms with van der Waals surface area (Å²) in [6.07, 6.45) is 0.366. The number of fused-ring (bicyclic) bond motifs is 1. The third-order valence-corrected chi connectivity index (χ3v) is 4.93. The molecule has 0 amide bonds. The topological polar surface area (TPSA) is 61.8 Å². The molecule has 5 nitrogen and oxygen atoms in total. The van der Waals surface area contributed by atoms with Crippen LogP contribution < -0.4 is 0 Å². The van der Waals surface area contributed by atoms with Gasteiger partial charge in [-0.05, 0) is 33.6 Å². The maximum atomic E-state index is 12.2. The van der Waals surface area contributed by atoms with E-state index in [0.717, 1.165) is 0 Å². The number of ether oxygens (including phenoxy) is 3. The normalized spacial score (nSPS) is 43.5. The Morgan fingerprint density at radius 1 is 1.53 bits per heavy atom. The first-order valence-electron chi connectivity index (χ1n) is 6.89. The van der Waals surface area contributed by atoms with Crippen LogP contribution in [0.3, 0.4) is 0 Å². The quantitative estimate of drug-likeness (QED) is 0.725. The van der Waals surface area contributed by atoms with Crippen molar-refractivity contribution in [1.29, 1.82) is 0 Å². The first-order valence-corrected chi connectivity index (χ1v) is 6.89. The second-order valence-corrected chi connectivity index (χ2v) is 6.61. The molecule has 0 saturated carbocycles. The van der Waals surface area contributed by atoms with Gasteiger partial charge in [0.1, 0.15) is 12.2 Å². The lowest BCUT2D eigenvalue weighted by Gasteiger charge is -2.33. The third-order valence-electron chi connectivity index (χ3n) is 4.93. The van der Waals surface area contributed by atoms with Crippen LogP contribution in [-0.4, -0.2) is 35.9 Å². The van der Waals surface area contributed by atoms with Crippen molar-refractivity contribution in [3.63, 3.8) is 0 Å². The molecule has 0 N–H and O–H groups in total. The molecule has 3 aliphatic heterocycles. The first-order chi connectivity index (χ1) is 8.79. The highest BCUT2D eigenvalue weighted by atomic mass is 16.7. The molecule has 0 aromatic rings. The molecule has 5 heteroatoms. The molecule has 0 spiro atoms. The minimum Gasteiger partial charge on any atom is -0.455 e. The summed E-state index contributed by atoms with van der Waals surface area (Å²) in [6, 6.07) is 0. The highest BCUT2D eigenvalue weighted by Crippen LogP contribution is 2.54. The van der Waals surface area contributed by atoms with E-state index < -0.39 is 17.1 Å². The zero-order valence-electron chi connectivity index (χ0n) is 11.8. The Labute approximate surface area is 112 Å². The van der Waals surface area contributed by atoms with Gasteiger partial charge in [-0.3, -0.25) is 9.59 Å². The van der Waals surface area contributed by atoms with Crippen LogP contribution in [0.5, 0.6) is 0 Å². The summed E-state index contributed by atoms with van der Waals surface area (Å²) in [4.78, 5) is 23.9. The van der Waals surface area contributed by atoms with Gasteiger partial charge in [-0.15, -0.1) is 0 Å². The average Bonchev–Trinajstić information content (AvgIpc) is 2.92. The van der Waals surface area contributed by atoms with E-state index in [0.29, 0.717) is 12.8 Å². The molecule has 0 aromatic carbocycles. The van der Waals surface area contributed by atoms with Crippen LogP contribution in [0.25, 0.3) is 0 Å². The Bertz CT molecular complexity index is 443. The Morgan fingerprint density at radius 3 is 2.84 bits per heavy atom. The molecule has 5 atom stereocenters. The van der Waals surface area contributed by atoms with Crippen LogP contribution >= 0.6 is 0 Å². The molecule has 0 aliphatic carbocycles. The van der Waals surface area contributed by atoms with Gasteiger partial charge in [-0.1, -0.05) is 6.92 Å². The van der Waals surface area contributed by atoms with E-state index in [1.165, 1.54) is 0 Å². The van der Waals surface area contributed by atoms with Gasteiger partial charge in [-0.25, -0.2) is 0 Å². The predicted octanol–water partition coefficient (Wildman–Crippen LogP) is 1.44. The van der Waals surface area contributed by atoms with Crippen LogP contribution in [0.1, 0.15) is 40.5 Å². The van der Waals surface area contributed by atoms with Crippen molar-refractivity contribution in [3.8, 4) is 0 Å². The molecule has 2 bridgehead atoms. The van der Waals surface area contributed by atoms with Crippen LogP contribution in [0.2, 0.25) is 0 Å². The lowest BCUT2D eigenvalue weighted by atomic mass is 9.79. The smallest absolute Gasteiger partial charge is 0.312 e. The molecule has 5 unspecified atom stereocenters. The fourth-order valence-corrected chi connectivity index (χ4v) is 3.21. The highest BCUT2D eigenvalue weighted by molar-refractivity contribution is 5.79. The van der Waals surface area contributed by atoms with E-state index in [9.17, 15) is 9.59 Å². The zero-order valence-corrected chi connectivity index (χ0v) is 11.8. The SMILES string of the molecule is CCC(C)(C)C(=O)OC1C2CC3C(=O)OC1(C)C3O2. The van der Waals surface area contributed by atoms with Gasteiger partial charge >= 0.3 is 11.9 Å². The van der Waals surface area contributed by atoms with E-state index in [1.54, 1.807) is 0 Å². The minimum atomic E-state index is -0.801. The third kappa shape index (κ3) is 1.57. The number of carbonyl (C=O) groups is 2. The second-order valence-electron chi connectivity index (χ2n) is 6.61. The summed E-state index contributed by atoms with van der Waals surface area (Å²) in [5.74, 6) is -0.649.